The second kappa shape index (κ2) is 9.48. The van der Waals surface area contributed by atoms with Crippen LogP contribution in [0.1, 0.15) is 83.2 Å². The van der Waals surface area contributed by atoms with E-state index in [1.807, 2.05) is 29.2 Å². The van der Waals surface area contributed by atoms with Crippen molar-refractivity contribution in [3.05, 3.63) is 59.2 Å². The summed E-state index contributed by atoms with van der Waals surface area (Å²) in [4.78, 5) is 42.5. The largest absolute Gasteiger partial charge is 0.342 e. The van der Waals surface area contributed by atoms with Crippen LogP contribution in [0.2, 0.25) is 0 Å². The summed E-state index contributed by atoms with van der Waals surface area (Å²) in [6, 6.07) is 11.1. The number of benzene rings is 2. The lowest BCUT2D eigenvalue weighted by Gasteiger charge is -2.33. The van der Waals surface area contributed by atoms with Crippen LogP contribution in [0.15, 0.2) is 36.4 Å². The van der Waals surface area contributed by atoms with E-state index < -0.39 is 0 Å². The fraction of sp³-hybridized carbons (Fsp3) is 0.464. The third kappa shape index (κ3) is 3.98. The maximum atomic E-state index is 13.1. The SMILES string of the molecule is O=C(CCCN1C(=O)c2cccc3cccc(c23)C1=O)N1CCCC(c2nnc3n2CCCCC3)C1. The van der Waals surface area contributed by atoms with Gasteiger partial charge < -0.3 is 9.47 Å². The van der Waals surface area contributed by atoms with Crippen molar-refractivity contribution in [2.45, 2.75) is 63.8 Å². The van der Waals surface area contributed by atoms with Gasteiger partial charge in [0.05, 0.1) is 0 Å². The van der Waals surface area contributed by atoms with Gasteiger partial charge in [-0.25, -0.2) is 0 Å². The highest BCUT2D eigenvalue weighted by molar-refractivity contribution is 6.25. The topological polar surface area (TPSA) is 88.4 Å². The van der Waals surface area contributed by atoms with Crippen molar-refractivity contribution in [2.24, 2.45) is 0 Å². The molecule has 186 valence electrons. The summed E-state index contributed by atoms with van der Waals surface area (Å²) in [7, 11) is 0. The first-order valence-electron chi connectivity index (χ1n) is 13.2. The Hall–Kier alpha value is -3.55. The Morgan fingerprint density at radius 2 is 1.69 bits per heavy atom. The number of likely N-dealkylation sites (tertiary alicyclic amines) is 1. The highest BCUT2D eigenvalue weighted by atomic mass is 16.2. The molecule has 1 unspecified atom stereocenters. The van der Waals surface area contributed by atoms with Crippen molar-refractivity contribution < 1.29 is 14.4 Å². The van der Waals surface area contributed by atoms with E-state index in [-0.39, 0.29) is 30.2 Å². The zero-order valence-electron chi connectivity index (χ0n) is 20.5. The molecule has 3 aliphatic heterocycles. The Balaban J connectivity index is 1.09. The minimum Gasteiger partial charge on any atom is -0.342 e. The van der Waals surface area contributed by atoms with Crippen molar-refractivity contribution in [1.29, 1.82) is 0 Å². The van der Waals surface area contributed by atoms with E-state index >= 15 is 0 Å². The first kappa shape index (κ1) is 22.9. The van der Waals surface area contributed by atoms with E-state index in [9.17, 15) is 14.4 Å². The van der Waals surface area contributed by atoms with Crippen molar-refractivity contribution >= 4 is 28.5 Å². The van der Waals surface area contributed by atoms with Gasteiger partial charge in [-0.1, -0.05) is 30.7 Å². The Kier molecular flexibility index (Phi) is 6.03. The summed E-state index contributed by atoms with van der Waals surface area (Å²) in [5, 5.41) is 10.6. The average Bonchev–Trinajstić information content (AvgIpc) is 3.17. The summed E-state index contributed by atoms with van der Waals surface area (Å²) in [5.41, 5.74) is 1.11. The lowest BCUT2D eigenvalue weighted by molar-refractivity contribution is -0.132. The van der Waals surface area contributed by atoms with Crippen LogP contribution in [0, 0.1) is 0 Å². The van der Waals surface area contributed by atoms with Gasteiger partial charge in [0.25, 0.3) is 11.8 Å². The van der Waals surface area contributed by atoms with Gasteiger partial charge in [-0.3, -0.25) is 19.3 Å². The molecule has 0 saturated carbocycles. The Morgan fingerprint density at radius 3 is 2.47 bits per heavy atom. The predicted octanol–water partition coefficient (Wildman–Crippen LogP) is 3.94. The van der Waals surface area contributed by atoms with Gasteiger partial charge in [0.2, 0.25) is 5.91 Å². The van der Waals surface area contributed by atoms with Crippen LogP contribution >= 0.6 is 0 Å². The van der Waals surface area contributed by atoms with Crippen molar-refractivity contribution in [3.8, 4) is 0 Å². The van der Waals surface area contributed by atoms with Crippen molar-refractivity contribution in [1.82, 2.24) is 24.6 Å². The molecule has 2 aromatic carbocycles. The number of aromatic nitrogens is 3. The predicted molar refractivity (Wildman–Crippen MR) is 135 cm³/mol. The number of hydrogen-bond acceptors (Lipinski definition) is 5. The first-order chi connectivity index (χ1) is 17.6. The number of piperidine rings is 1. The van der Waals surface area contributed by atoms with Gasteiger partial charge in [-0.05, 0) is 49.6 Å². The minimum absolute atomic E-state index is 0.0784. The van der Waals surface area contributed by atoms with E-state index in [1.165, 1.54) is 11.3 Å². The summed E-state index contributed by atoms with van der Waals surface area (Å²) in [6.07, 6.45) is 7.25. The molecule has 4 heterocycles. The molecule has 8 heteroatoms. The standard InChI is InChI=1S/C28H31N5O3/c34-24(31-15-6-10-20(18-31)26-30-29-23-13-2-1-3-16-32(23)26)14-7-17-33-27(35)21-11-4-8-19-9-5-12-22(25(19)21)28(33)36/h4-5,8-9,11-12,20H,1-3,6-7,10,13-18H2. The average molecular weight is 486 g/mol. The molecule has 3 amide bonds. The molecule has 1 saturated heterocycles. The molecule has 1 aromatic heterocycles. The molecule has 1 fully saturated rings. The van der Waals surface area contributed by atoms with Crippen LogP contribution in [-0.4, -0.2) is 61.9 Å². The van der Waals surface area contributed by atoms with Gasteiger partial charge >= 0.3 is 0 Å². The maximum Gasteiger partial charge on any atom is 0.261 e. The number of amides is 3. The van der Waals surface area contributed by atoms with E-state index in [4.69, 9.17) is 0 Å². The zero-order chi connectivity index (χ0) is 24.6. The van der Waals surface area contributed by atoms with Gasteiger partial charge in [-0.2, -0.15) is 0 Å². The van der Waals surface area contributed by atoms with Gasteiger partial charge in [0.15, 0.2) is 0 Å². The number of nitrogens with zero attached hydrogens (tertiary/aromatic N) is 5. The first-order valence-corrected chi connectivity index (χ1v) is 13.2. The van der Waals surface area contributed by atoms with E-state index in [0.717, 1.165) is 67.6 Å². The molecule has 0 bridgehead atoms. The summed E-state index contributed by atoms with van der Waals surface area (Å²) >= 11 is 0. The third-order valence-electron chi connectivity index (χ3n) is 7.91. The van der Waals surface area contributed by atoms with Gasteiger partial charge in [-0.15, -0.1) is 10.2 Å². The van der Waals surface area contributed by atoms with E-state index in [1.54, 1.807) is 12.1 Å². The fourth-order valence-corrected chi connectivity index (χ4v) is 6.05. The van der Waals surface area contributed by atoms with Crippen LogP contribution in [0.5, 0.6) is 0 Å². The van der Waals surface area contributed by atoms with Gasteiger partial charge in [0, 0.05) is 61.5 Å². The molecule has 0 radical (unpaired) electrons. The van der Waals surface area contributed by atoms with E-state index in [2.05, 4.69) is 14.8 Å². The summed E-state index contributed by atoms with van der Waals surface area (Å²) in [5.74, 6) is 1.85. The number of hydrogen-bond donors (Lipinski definition) is 0. The number of aryl methyl sites for hydroxylation is 1. The van der Waals surface area contributed by atoms with Gasteiger partial charge in [0.1, 0.15) is 11.6 Å². The van der Waals surface area contributed by atoms with Crippen molar-refractivity contribution in [3.63, 3.8) is 0 Å². The molecule has 3 aromatic rings. The number of fused-ring (bicyclic) bond motifs is 1. The molecule has 0 aliphatic carbocycles. The monoisotopic (exact) mass is 485 g/mol. The lowest BCUT2D eigenvalue weighted by Crippen LogP contribution is -2.42. The normalized spacial score (nSPS) is 19.9. The van der Waals surface area contributed by atoms with Crippen LogP contribution in [0.3, 0.4) is 0 Å². The molecule has 3 aliphatic rings. The van der Waals surface area contributed by atoms with Crippen molar-refractivity contribution in [2.75, 3.05) is 19.6 Å². The Bertz CT molecular complexity index is 1300. The molecule has 6 rings (SSSR count). The minimum atomic E-state index is -0.276. The molecular weight excluding hydrogens is 454 g/mol. The van der Waals surface area contributed by atoms with Crippen LogP contribution in [0.4, 0.5) is 0 Å². The van der Waals surface area contributed by atoms with Crippen LogP contribution in [0.25, 0.3) is 10.8 Å². The second-order valence-corrected chi connectivity index (χ2v) is 10.2. The smallest absolute Gasteiger partial charge is 0.261 e. The number of imide groups is 1. The third-order valence-corrected chi connectivity index (χ3v) is 7.91. The molecule has 1 atom stereocenters. The van der Waals surface area contributed by atoms with Crippen LogP contribution in [-0.2, 0) is 17.8 Å². The Morgan fingerprint density at radius 1 is 0.917 bits per heavy atom. The number of rotatable bonds is 5. The number of carbonyl (C=O) groups excluding carboxylic acids is 3. The molecular formula is C28H31N5O3. The molecule has 0 N–H and O–H groups in total. The van der Waals surface area contributed by atoms with E-state index in [0.29, 0.717) is 30.5 Å². The maximum absolute atomic E-state index is 13.1. The fourth-order valence-electron chi connectivity index (χ4n) is 6.05. The Labute approximate surface area is 210 Å². The number of carbonyl (C=O) groups is 3. The summed E-state index contributed by atoms with van der Waals surface area (Å²) < 4.78 is 2.29. The molecule has 36 heavy (non-hydrogen) atoms. The second-order valence-electron chi connectivity index (χ2n) is 10.2. The lowest BCUT2D eigenvalue weighted by atomic mass is 9.94. The summed E-state index contributed by atoms with van der Waals surface area (Å²) in [6.45, 7) is 2.61. The molecule has 8 nitrogen and oxygen atoms in total. The molecule has 0 spiro atoms. The highest BCUT2D eigenvalue weighted by Gasteiger charge is 2.33. The van der Waals surface area contributed by atoms with Crippen LogP contribution < -0.4 is 0 Å². The quantitative estimate of drug-likeness (QED) is 0.511. The highest BCUT2D eigenvalue weighted by Crippen LogP contribution is 2.31. The zero-order valence-corrected chi connectivity index (χ0v) is 20.5.